The van der Waals surface area contributed by atoms with Crippen LogP contribution in [0.5, 0.6) is 0 Å². The summed E-state index contributed by atoms with van der Waals surface area (Å²) in [6, 6.07) is 8.35. The van der Waals surface area contributed by atoms with Crippen LogP contribution in [0.3, 0.4) is 0 Å². The van der Waals surface area contributed by atoms with Gasteiger partial charge in [0.05, 0.1) is 5.92 Å². The summed E-state index contributed by atoms with van der Waals surface area (Å²) in [4.78, 5) is 17.7. The smallest absolute Gasteiger partial charge is 0.311 e. The highest BCUT2D eigenvalue weighted by Crippen LogP contribution is 2.41. The zero-order chi connectivity index (χ0) is 18.1. The van der Waals surface area contributed by atoms with Crippen molar-refractivity contribution < 1.29 is 9.90 Å². The first-order valence-corrected chi connectivity index (χ1v) is 9.50. The van der Waals surface area contributed by atoms with Crippen LogP contribution in [0, 0.1) is 20.8 Å². The quantitative estimate of drug-likeness (QED) is 0.625. The molecule has 4 heteroatoms. The van der Waals surface area contributed by atoms with E-state index in [0.717, 1.165) is 44.6 Å². The molecule has 1 unspecified atom stereocenters. The Morgan fingerprint density at radius 1 is 1.20 bits per heavy atom. The number of carboxylic acid groups (broad SMARTS) is 1. The van der Waals surface area contributed by atoms with E-state index in [4.69, 9.17) is 4.98 Å². The Hall–Kier alpha value is -2.20. The summed E-state index contributed by atoms with van der Waals surface area (Å²) in [7, 11) is 0. The molecule has 0 aliphatic heterocycles. The van der Waals surface area contributed by atoms with Crippen LogP contribution in [0.25, 0.3) is 21.3 Å². The highest BCUT2D eigenvalue weighted by molar-refractivity contribution is 7.17. The van der Waals surface area contributed by atoms with Crippen LogP contribution in [0.2, 0.25) is 0 Å². The Balaban J connectivity index is 2.40. The average Bonchev–Trinajstić information content (AvgIpc) is 2.93. The SMILES string of the molecule is CCCC(C(=O)O)c1c(C)nc2scc(C)c2c1-c1ccc(C)cc1. The minimum absolute atomic E-state index is 0.530. The molecule has 1 atom stereocenters. The van der Waals surface area contributed by atoms with E-state index in [2.05, 4.69) is 43.5 Å². The number of nitrogens with zero attached hydrogens (tertiary/aromatic N) is 1. The summed E-state index contributed by atoms with van der Waals surface area (Å²) in [6.07, 6.45) is 1.44. The van der Waals surface area contributed by atoms with Crippen LogP contribution >= 0.6 is 11.3 Å². The van der Waals surface area contributed by atoms with Crippen molar-refractivity contribution in [3.05, 3.63) is 52.0 Å². The molecule has 0 spiro atoms. The molecule has 1 aromatic carbocycles. The molecule has 0 fully saturated rings. The number of rotatable bonds is 5. The van der Waals surface area contributed by atoms with Crippen molar-refractivity contribution in [2.24, 2.45) is 0 Å². The number of hydrogen-bond donors (Lipinski definition) is 1. The Bertz CT molecular complexity index is 925. The van der Waals surface area contributed by atoms with E-state index in [1.165, 1.54) is 5.56 Å². The molecule has 0 bridgehead atoms. The molecule has 2 aromatic heterocycles. The van der Waals surface area contributed by atoms with E-state index in [1.54, 1.807) is 11.3 Å². The highest BCUT2D eigenvalue weighted by atomic mass is 32.1. The second-order valence-electron chi connectivity index (χ2n) is 6.63. The fourth-order valence-electron chi connectivity index (χ4n) is 3.47. The first-order chi connectivity index (χ1) is 11.9. The third-order valence-corrected chi connectivity index (χ3v) is 5.69. The van der Waals surface area contributed by atoms with Gasteiger partial charge in [-0.15, -0.1) is 11.3 Å². The molecule has 3 aromatic rings. The lowest BCUT2D eigenvalue weighted by Gasteiger charge is -2.20. The number of carboxylic acids is 1. The zero-order valence-corrected chi connectivity index (χ0v) is 15.9. The van der Waals surface area contributed by atoms with E-state index in [-0.39, 0.29) is 0 Å². The van der Waals surface area contributed by atoms with Gasteiger partial charge in [0.2, 0.25) is 0 Å². The number of fused-ring (bicyclic) bond motifs is 1. The number of carbonyl (C=O) groups is 1. The highest BCUT2D eigenvalue weighted by Gasteiger charge is 2.27. The maximum Gasteiger partial charge on any atom is 0.311 e. The van der Waals surface area contributed by atoms with E-state index < -0.39 is 11.9 Å². The van der Waals surface area contributed by atoms with E-state index in [1.807, 2.05) is 13.8 Å². The molecule has 0 aliphatic carbocycles. The van der Waals surface area contributed by atoms with Crippen molar-refractivity contribution in [2.75, 3.05) is 0 Å². The molecular formula is C21H23NO2S. The Morgan fingerprint density at radius 3 is 2.48 bits per heavy atom. The largest absolute Gasteiger partial charge is 0.481 e. The second-order valence-corrected chi connectivity index (χ2v) is 7.49. The van der Waals surface area contributed by atoms with Gasteiger partial charge in [0.1, 0.15) is 4.83 Å². The molecule has 0 radical (unpaired) electrons. The summed E-state index contributed by atoms with van der Waals surface area (Å²) < 4.78 is 0. The monoisotopic (exact) mass is 353 g/mol. The molecule has 3 rings (SSSR count). The molecule has 0 saturated heterocycles. The third-order valence-electron chi connectivity index (χ3n) is 4.70. The maximum absolute atomic E-state index is 12.0. The van der Waals surface area contributed by atoms with Gasteiger partial charge in [-0.3, -0.25) is 4.79 Å². The van der Waals surface area contributed by atoms with Crippen molar-refractivity contribution in [3.63, 3.8) is 0 Å². The number of hydrogen-bond acceptors (Lipinski definition) is 3. The Kier molecular flexibility index (Phi) is 4.91. The summed E-state index contributed by atoms with van der Waals surface area (Å²) in [5.74, 6) is -1.30. The Morgan fingerprint density at radius 2 is 1.88 bits per heavy atom. The van der Waals surface area contributed by atoms with Gasteiger partial charge in [-0.2, -0.15) is 0 Å². The van der Waals surface area contributed by atoms with Gasteiger partial charge < -0.3 is 5.11 Å². The molecule has 0 saturated carbocycles. The summed E-state index contributed by atoms with van der Waals surface area (Å²) in [5, 5.41) is 13.1. The van der Waals surface area contributed by atoms with Gasteiger partial charge in [-0.05, 0) is 54.8 Å². The van der Waals surface area contributed by atoms with Crippen LogP contribution in [0.1, 0.15) is 48.1 Å². The average molecular weight is 353 g/mol. The van der Waals surface area contributed by atoms with Crippen molar-refractivity contribution in [1.29, 1.82) is 0 Å². The summed E-state index contributed by atoms with van der Waals surface area (Å²) in [6.45, 7) is 8.10. The molecule has 25 heavy (non-hydrogen) atoms. The van der Waals surface area contributed by atoms with Crippen LogP contribution in [-0.4, -0.2) is 16.1 Å². The van der Waals surface area contributed by atoms with Crippen molar-refractivity contribution in [1.82, 2.24) is 4.98 Å². The second kappa shape index (κ2) is 6.96. The van der Waals surface area contributed by atoms with Crippen LogP contribution in [-0.2, 0) is 4.79 Å². The molecule has 1 N–H and O–H groups in total. The zero-order valence-electron chi connectivity index (χ0n) is 15.1. The number of pyridine rings is 1. The van der Waals surface area contributed by atoms with E-state index in [9.17, 15) is 9.90 Å². The van der Waals surface area contributed by atoms with Gasteiger partial charge in [0.25, 0.3) is 0 Å². The van der Waals surface area contributed by atoms with Crippen molar-refractivity contribution in [3.8, 4) is 11.1 Å². The normalized spacial score (nSPS) is 12.5. The standard InChI is InChI=1S/C21H23NO2S/c1-5-6-16(21(23)24)18-14(4)22-20-17(13(3)11-25-20)19(18)15-9-7-12(2)8-10-15/h7-11,16H,5-6H2,1-4H3,(H,23,24). The predicted molar refractivity (Wildman–Crippen MR) is 105 cm³/mol. The van der Waals surface area contributed by atoms with Gasteiger partial charge in [0, 0.05) is 11.1 Å². The molecule has 0 amide bonds. The lowest BCUT2D eigenvalue weighted by molar-refractivity contribution is -0.139. The number of aryl methyl sites for hydroxylation is 3. The molecule has 3 nitrogen and oxygen atoms in total. The van der Waals surface area contributed by atoms with Crippen LogP contribution < -0.4 is 0 Å². The maximum atomic E-state index is 12.0. The Labute approximate surface area is 152 Å². The van der Waals surface area contributed by atoms with Crippen LogP contribution in [0.4, 0.5) is 0 Å². The summed E-state index contributed by atoms with van der Waals surface area (Å²) >= 11 is 1.62. The molecule has 0 aliphatic rings. The number of benzene rings is 1. The lowest BCUT2D eigenvalue weighted by atomic mass is 9.85. The fraction of sp³-hybridized carbons (Fsp3) is 0.333. The number of aliphatic carboxylic acids is 1. The summed E-state index contributed by atoms with van der Waals surface area (Å²) in [5.41, 5.74) is 6.16. The van der Waals surface area contributed by atoms with Gasteiger partial charge in [-0.25, -0.2) is 4.98 Å². The number of thiophene rings is 1. The third kappa shape index (κ3) is 3.19. The van der Waals surface area contributed by atoms with Gasteiger partial charge in [0.15, 0.2) is 0 Å². The van der Waals surface area contributed by atoms with Crippen molar-refractivity contribution >= 4 is 27.5 Å². The lowest BCUT2D eigenvalue weighted by Crippen LogP contribution is -2.15. The van der Waals surface area contributed by atoms with Gasteiger partial charge in [-0.1, -0.05) is 43.2 Å². The molecule has 2 heterocycles. The minimum atomic E-state index is -0.771. The van der Waals surface area contributed by atoms with Crippen molar-refractivity contribution in [2.45, 2.75) is 46.5 Å². The first kappa shape index (κ1) is 17.6. The first-order valence-electron chi connectivity index (χ1n) is 8.62. The number of aromatic nitrogens is 1. The van der Waals surface area contributed by atoms with Gasteiger partial charge >= 0.3 is 5.97 Å². The molecular weight excluding hydrogens is 330 g/mol. The van der Waals surface area contributed by atoms with E-state index >= 15 is 0 Å². The predicted octanol–water partition coefficient (Wildman–Crippen LogP) is 5.86. The molecule has 130 valence electrons. The minimum Gasteiger partial charge on any atom is -0.481 e. The fourth-order valence-corrected chi connectivity index (χ4v) is 4.45. The van der Waals surface area contributed by atoms with Crippen LogP contribution in [0.15, 0.2) is 29.6 Å². The van der Waals surface area contributed by atoms with E-state index in [0.29, 0.717) is 6.42 Å². The topological polar surface area (TPSA) is 50.2 Å².